The number of anilines is 1. The van der Waals surface area contributed by atoms with Crippen molar-refractivity contribution in [2.75, 3.05) is 18.4 Å². The van der Waals surface area contributed by atoms with Crippen molar-refractivity contribution in [2.45, 2.75) is 47.1 Å². The summed E-state index contributed by atoms with van der Waals surface area (Å²) >= 11 is 0. The van der Waals surface area contributed by atoms with E-state index in [1.54, 1.807) is 19.1 Å². The van der Waals surface area contributed by atoms with Crippen LogP contribution in [-0.4, -0.2) is 39.9 Å². The molecule has 4 rings (SSSR count). The molecule has 35 heavy (non-hydrogen) atoms. The minimum absolute atomic E-state index is 0.0156. The van der Waals surface area contributed by atoms with Gasteiger partial charge >= 0.3 is 18.0 Å². The predicted molar refractivity (Wildman–Crippen MR) is 116 cm³/mol. The average Bonchev–Trinajstić information content (AvgIpc) is 3.23. The molecule has 2 N–H and O–H groups in total. The first-order chi connectivity index (χ1) is 16.1. The number of rotatable bonds is 4. The van der Waals surface area contributed by atoms with Crippen molar-refractivity contribution in [1.82, 2.24) is 5.32 Å². The molecule has 0 spiro atoms. The van der Waals surface area contributed by atoms with Gasteiger partial charge in [0.25, 0.3) is 0 Å². The molecule has 2 aliphatic rings. The number of allylic oxidation sites excluding steroid dienone is 1. The largest absolute Gasteiger partial charge is 0.435 e. The second-order valence-electron chi connectivity index (χ2n) is 8.75. The molecule has 2 heterocycles. The fourth-order valence-corrected chi connectivity index (χ4v) is 7.19. The molecule has 0 amide bonds. The smallest absolute Gasteiger partial charge is 0.383 e. The summed E-state index contributed by atoms with van der Waals surface area (Å²) in [6.45, 7) is 5.68. The third-order valence-corrected chi connectivity index (χ3v) is 9.30. The van der Waals surface area contributed by atoms with Crippen LogP contribution >= 0.6 is 0 Å². The minimum Gasteiger partial charge on any atom is -0.383 e. The number of benzene rings is 2. The maximum Gasteiger partial charge on any atom is 0.435 e. The van der Waals surface area contributed by atoms with Gasteiger partial charge in [0.15, 0.2) is 9.84 Å². The van der Waals surface area contributed by atoms with Crippen LogP contribution in [0.4, 0.5) is 36.4 Å². The Hall–Kier alpha value is -2.60. The van der Waals surface area contributed by atoms with Crippen LogP contribution < -0.4 is 10.6 Å². The van der Waals surface area contributed by atoms with Crippen LogP contribution in [-0.2, 0) is 20.3 Å². The molecule has 0 aromatic heterocycles. The fraction of sp³-hybridized carbons (Fsp3) is 0.391. The Bertz CT molecular complexity index is 1260. The molecule has 0 aliphatic carbocycles. The molecule has 2 aliphatic heterocycles. The van der Waals surface area contributed by atoms with Crippen LogP contribution in [0.15, 0.2) is 53.9 Å². The summed E-state index contributed by atoms with van der Waals surface area (Å²) in [5, 5.41) is 5.73. The van der Waals surface area contributed by atoms with Gasteiger partial charge in [0, 0.05) is 23.8 Å². The fourth-order valence-electron chi connectivity index (χ4n) is 4.90. The maximum atomic E-state index is 14.7. The van der Waals surface area contributed by atoms with Crippen molar-refractivity contribution in [3.05, 3.63) is 65.7 Å². The number of halogens is 7. The molecule has 190 valence electrons. The molecule has 4 nitrogen and oxygen atoms in total. The highest BCUT2D eigenvalue weighted by molar-refractivity contribution is 7.92. The average molecular weight is 522 g/mol. The predicted octanol–water partition coefficient (Wildman–Crippen LogP) is 5.47. The lowest BCUT2D eigenvalue weighted by Gasteiger charge is -2.41. The van der Waals surface area contributed by atoms with E-state index >= 15 is 0 Å². The van der Waals surface area contributed by atoms with Gasteiger partial charge in [-0.2, -0.15) is 26.3 Å². The van der Waals surface area contributed by atoms with Crippen molar-refractivity contribution in [1.29, 1.82) is 0 Å². The lowest BCUT2D eigenvalue weighted by atomic mass is 9.83. The van der Waals surface area contributed by atoms with Gasteiger partial charge in [0.1, 0.15) is 4.75 Å². The zero-order valence-electron chi connectivity index (χ0n) is 18.3. The van der Waals surface area contributed by atoms with E-state index < -0.39 is 44.2 Å². The third-order valence-electron chi connectivity index (χ3n) is 6.74. The van der Waals surface area contributed by atoms with Crippen LogP contribution in [0.25, 0.3) is 5.57 Å². The van der Waals surface area contributed by atoms with E-state index in [-0.39, 0.29) is 35.7 Å². The van der Waals surface area contributed by atoms with Crippen molar-refractivity contribution < 1.29 is 39.2 Å². The van der Waals surface area contributed by atoms with Gasteiger partial charge in [-0.25, -0.2) is 12.8 Å². The standard InChI is InChI=1S/C23H21F7N2O2S/c1-13(2)14-3-6-16(7-4-14)35(33,34)20-9-10-31-19(20)12-32-18-11-15(5-8-17(18)20)21(24,22(25,26)27)23(28,29)30/h3-8,11,19,31-32H,1,9-10,12H2,2H3. The highest BCUT2D eigenvalue weighted by Crippen LogP contribution is 2.55. The Kier molecular flexibility index (Phi) is 5.79. The Balaban J connectivity index is 1.89. The van der Waals surface area contributed by atoms with Gasteiger partial charge < -0.3 is 10.6 Å². The van der Waals surface area contributed by atoms with Crippen molar-refractivity contribution in [3.8, 4) is 0 Å². The summed E-state index contributed by atoms with van der Waals surface area (Å²) in [6, 6.07) is 6.82. The van der Waals surface area contributed by atoms with Crippen molar-refractivity contribution in [2.24, 2.45) is 0 Å². The van der Waals surface area contributed by atoms with E-state index in [1.807, 2.05) is 0 Å². The quantitative estimate of drug-likeness (QED) is 0.524. The van der Waals surface area contributed by atoms with Gasteiger partial charge in [-0.05, 0) is 49.2 Å². The van der Waals surface area contributed by atoms with Crippen molar-refractivity contribution in [3.63, 3.8) is 0 Å². The highest BCUT2D eigenvalue weighted by atomic mass is 32.2. The SMILES string of the molecule is C=C(C)c1ccc(S(=O)(=O)C23CCNC2CNc2cc(C(F)(C(F)(F)F)C(F)(F)F)ccc23)cc1. The number of sulfone groups is 1. The highest BCUT2D eigenvalue weighted by Gasteiger charge is 2.73. The van der Waals surface area contributed by atoms with E-state index in [0.29, 0.717) is 23.3 Å². The van der Waals surface area contributed by atoms with Crippen molar-refractivity contribution >= 4 is 21.1 Å². The van der Waals surface area contributed by atoms with Crippen LogP contribution in [0.3, 0.4) is 0 Å². The Morgan fingerprint density at radius 2 is 1.60 bits per heavy atom. The maximum absolute atomic E-state index is 14.7. The lowest BCUT2D eigenvalue weighted by Crippen LogP contribution is -2.53. The molecule has 2 unspecified atom stereocenters. The normalized spacial score (nSPS) is 22.8. The molecule has 2 atom stereocenters. The molecule has 1 fully saturated rings. The summed E-state index contributed by atoms with van der Waals surface area (Å²) in [6.07, 6.45) is -12.5. The molecule has 2 aromatic carbocycles. The van der Waals surface area contributed by atoms with Gasteiger partial charge in [-0.15, -0.1) is 0 Å². The van der Waals surface area contributed by atoms with Gasteiger partial charge in [-0.1, -0.05) is 36.4 Å². The van der Waals surface area contributed by atoms with E-state index in [0.717, 1.165) is 6.07 Å². The first-order valence-electron chi connectivity index (χ1n) is 10.5. The second kappa shape index (κ2) is 7.95. The Morgan fingerprint density at radius 3 is 2.14 bits per heavy atom. The molecule has 0 radical (unpaired) electrons. The number of alkyl halides is 7. The summed E-state index contributed by atoms with van der Waals surface area (Å²) in [5.74, 6) is 0. The topological polar surface area (TPSA) is 58.2 Å². The van der Waals surface area contributed by atoms with E-state index in [9.17, 15) is 39.2 Å². The molecule has 0 saturated carbocycles. The van der Waals surface area contributed by atoms with Gasteiger partial charge in [-0.3, -0.25) is 0 Å². The summed E-state index contributed by atoms with van der Waals surface area (Å²) in [7, 11) is -4.19. The molecular weight excluding hydrogens is 501 g/mol. The summed E-state index contributed by atoms with van der Waals surface area (Å²) in [5.41, 5.74) is -6.19. The number of nitrogens with one attached hydrogen (secondary N) is 2. The van der Waals surface area contributed by atoms with Gasteiger partial charge in [0.05, 0.1) is 4.90 Å². The van der Waals surface area contributed by atoms with E-state index in [2.05, 4.69) is 17.2 Å². The zero-order chi connectivity index (χ0) is 26.0. The van der Waals surface area contributed by atoms with Crippen LogP contribution in [0, 0.1) is 0 Å². The Morgan fingerprint density at radius 1 is 1.00 bits per heavy atom. The minimum atomic E-state index is -6.28. The molecular formula is C23H21F7N2O2S. The summed E-state index contributed by atoms with van der Waals surface area (Å²) in [4.78, 5) is -0.0569. The number of fused-ring (bicyclic) bond motifs is 3. The van der Waals surface area contributed by atoms with Crippen LogP contribution in [0.2, 0.25) is 0 Å². The van der Waals surface area contributed by atoms with Crippen LogP contribution in [0.1, 0.15) is 30.0 Å². The third kappa shape index (κ3) is 3.55. The second-order valence-corrected chi connectivity index (χ2v) is 11.0. The number of hydrogen-bond acceptors (Lipinski definition) is 4. The van der Waals surface area contributed by atoms with Crippen LogP contribution in [0.5, 0.6) is 0 Å². The van der Waals surface area contributed by atoms with Gasteiger partial charge in [0.2, 0.25) is 0 Å². The van der Waals surface area contributed by atoms with E-state index in [4.69, 9.17) is 0 Å². The zero-order valence-corrected chi connectivity index (χ0v) is 19.1. The first kappa shape index (κ1) is 25.5. The number of hydrogen-bond donors (Lipinski definition) is 2. The molecule has 1 saturated heterocycles. The summed E-state index contributed by atoms with van der Waals surface area (Å²) < 4.78 is 120. The monoisotopic (exact) mass is 522 g/mol. The molecule has 2 aromatic rings. The van der Waals surface area contributed by atoms with E-state index in [1.165, 1.54) is 12.1 Å². The first-order valence-corrected chi connectivity index (χ1v) is 12.0. The Labute approximate surface area is 197 Å². The lowest BCUT2D eigenvalue weighted by molar-refractivity contribution is -0.348. The molecule has 0 bridgehead atoms. The molecule has 12 heteroatoms.